The van der Waals surface area contributed by atoms with Crippen molar-refractivity contribution in [3.05, 3.63) is 218 Å². The summed E-state index contributed by atoms with van der Waals surface area (Å²) in [6.07, 6.45) is 0. The van der Waals surface area contributed by atoms with Crippen LogP contribution >= 0.6 is 30.3 Å². The molecule has 1 heterocycles. The number of benzene rings is 7. The zero-order valence-corrected chi connectivity index (χ0v) is 30.8. The van der Waals surface area contributed by atoms with E-state index in [1.807, 2.05) is 0 Å². The average Bonchev–Trinajstić information content (AvgIpc) is 3.64. The standard InChI is InChI=1S/C45H38P4/c1-8-22-36(23-9-1)43-44(48(37-24-10-2-11-25-37,38-26-12-3-13-27-38)39-28-14-4-15-29-39)46-47-45(43)49(40-30-16-5-17-31-40,41-32-18-6-19-33-41)42-34-20-7-21-35-42/h1-35,43-45H/q+2. The minimum Gasteiger partial charge on any atom is -0.0622 e. The third-order valence-electron chi connectivity index (χ3n) is 9.90. The van der Waals surface area contributed by atoms with E-state index in [1.165, 1.54) is 53.1 Å². The molecule has 8 rings (SSSR count). The van der Waals surface area contributed by atoms with Crippen molar-refractivity contribution in [1.82, 2.24) is 0 Å². The third kappa shape index (κ3) is 5.67. The van der Waals surface area contributed by atoms with Crippen LogP contribution in [-0.4, -0.2) is 10.8 Å². The molecule has 0 aliphatic carbocycles. The van der Waals surface area contributed by atoms with Crippen LogP contribution in [0.5, 0.6) is 0 Å². The van der Waals surface area contributed by atoms with Gasteiger partial charge in [0.2, 0.25) is 0 Å². The second-order valence-electron chi connectivity index (χ2n) is 12.5. The van der Waals surface area contributed by atoms with E-state index in [9.17, 15) is 0 Å². The molecule has 0 radical (unpaired) electrons. The Hall–Kier alpha value is -4.00. The number of hydrogen-bond donors (Lipinski definition) is 0. The fourth-order valence-electron chi connectivity index (χ4n) is 7.88. The van der Waals surface area contributed by atoms with Crippen molar-refractivity contribution in [3.8, 4) is 0 Å². The van der Waals surface area contributed by atoms with Crippen LogP contribution in [0.2, 0.25) is 0 Å². The van der Waals surface area contributed by atoms with E-state index in [1.54, 1.807) is 0 Å². The van der Waals surface area contributed by atoms with Crippen molar-refractivity contribution in [2.45, 2.75) is 16.7 Å². The molecule has 2 unspecified atom stereocenters. The van der Waals surface area contributed by atoms with E-state index in [0.29, 0.717) is 16.7 Å². The van der Waals surface area contributed by atoms with Gasteiger partial charge in [-0.15, -0.1) is 0 Å². The molecule has 0 aromatic heterocycles. The van der Waals surface area contributed by atoms with Gasteiger partial charge in [0.15, 0.2) is 0 Å². The maximum absolute atomic E-state index is 2.42. The van der Waals surface area contributed by atoms with Crippen molar-refractivity contribution in [3.63, 3.8) is 0 Å². The van der Waals surface area contributed by atoms with Crippen molar-refractivity contribution < 1.29 is 0 Å². The molecule has 7 aromatic carbocycles. The maximum atomic E-state index is 2.42. The molecule has 7 aromatic rings. The summed E-state index contributed by atoms with van der Waals surface area (Å²) in [5.41, 5.74) is 1.45. The smallest absolute Gasteiger partial charge is 0.0622 e. The Labute approximate surface area is 295 Å². The molecule has 0 amide bonds. The third-order valence-corrected chi connectivity index (χ3v) is 25.8. The molecule has 0 fully saturated rings. The van der Waals surface area contributed by atoms with Crippen LogP contribution in [0.15, 0.2) is 212 Å². The van der Waals surface area contributed by atoms with Gasteiger partial charge in [0.25, 0.3) is 0 Å². The molecule has 0 spiro atoms. The molecule has 2 atom stereocenters. The van der Waals surface area contributed by atoms with Crippen molar-refractivity contribution in [1.29, 1.82) is 0 Å². The molecule has 1 aliphatic rings. The van der Waals surface area contributed by atoms with Gasteiger partial charge >= 0.3 is 0 Å². The Morgan fingerprint density at radius 1 is 0.265 bits per heavy atom. The molecule has 4 heteroatoms. The van der Waals surface area contributed by atoms with Crippen LogP contribution in [0.3, 0.4) is 0 Å². The monoisotopic (exact) mass is 702 g/mol. The molecule has 0 saturated carbocycles. The predicted molar refractivity (Wildman–Crippen MR) is 221 cm³/mol. The Morgan fingerprint density at radius 2 is 0.469 bits per heavy atom. The highest BCUT2D eigenvalue weighted by atomic mass is 31.7. The van der Waals surface area contributed by atoms with E-state index < -0.39 is 14.5 Å². The fraction of sp³-hybridized carbons (Fsp3) is 0.0667. The van der Waals surface area contributed by atoms with Gasteiger partial charge in [-0.2, -0.15) is 0 Å². The quantitative estimate of drug-likeness (QED) is 0.131. The van der Waals surface area contributed by atoms with Crippen molar-refractivity contribution >= 4 is 62.1 Å². The first-order valence-electron chi connectivity index (χ1n) is 16.9. The van der Waals surface area contributed by atoms with Gasteiger partial charge in [0.1, 0.15) is 57.2 Å². The summed E-state index contributed by atoms with van der Waals surface area (Å²) >= 11 is 0. The minimum absolute atomic E-state index is 0.299. The average molecular weight is 703 g/mol. The lowest BCUT2D eigenvalue weighted by atomic mass is 10.0. The van der Waals surface area contributed by atoms with Crippen LogP contribution in [0.1, 0.15) is 11.5 Å². The largest absolute Gasteiger partial charge is 0.139 e. The van der Waals surface area contributed by atoms with E-state index in [0.717, 1.165) is 0 Å². The molecule has 236 valence electrons. The van der Waals surface area contributed by atoms with Gasteiger partial charge in [-0.3, -0.25) is 0 Å². The second kappa shape index (κ2) is 14.5. The summed E-state index contributed by atoms with van der Waals surface area (Å²) in [6.45, 7) is 0. The van der Waals surface area contributed by atoms with Crippen LogP contribution < -0.4 is 31.8 Å². The molecular weight excluding hydrogens is 664 g/mol. The van der Waals surface area contributed by atoms with Gasteiger partial charge in [-0.1, -0.05) is 140 Å². The summed E-state index contributed by atoms with van der Waals surface area (Å²) in [5, 5.41) is 9.51. The summed E-state index contributed by atoms with van der Waals surface area (Å²) in [5.74, 6) is 0.299. The van der Waals surface area contributed by atoms with Gasteiger partial charge in [0.05, 0.1) is 5.92 Å². The molecular formula is C45H38P4+2. The van der Waals surface area contributed by atoms with Crippen LogP contribution in [-0.2, 0) is 0 Å². The van der Waals surface area contributed by atoms with Gasteiger partial charge in [-0.05, 0) is 94.1 Å². The Morgan fingerprint density at radius 3 is 0.694 bits per heavy atom. The normalized spacial score (nSPS) is 18.2. The lowest BCUT2D eigenvalue weighted by molar-refractivity contribution is 0.822. The van der Waals surface area contributed by atoms with Crippen LogP contribution in [0.4, 0.5) is 0 Å². The molecule has 0 N–H and O–H groups in total. The zero-order valence-electron chi connectivity index (χ0n) is 27.2. The lowest BCUT2D eigenvalue weighted by Crippen LogP contribution is -2.43. The Kier molecular flexibility index (Phi) is 9.51. The highest BCUT2D eigenvalue weighted by Crippen LogP contribution is 2.79. The maximum Gasteiger partial charge on any atom is 0.139 e. The summed E-state index contributed by atoms with van der Waals surface area (Å²) in [4.78, 5) is 0. The van der Waals surface area contributed by atoms with E-state index in [4.69, 9.17) is 0 Å². The highest BCUT2D eigenvalue weighted by molar-refractivity contribution is 8.09. The summed E-state index contributed by atoms with van der Waals surface area (Å²) < 4.78 is 0. The molecule has 0 saturated heterocycles. The van der Waals surface area contributed by atoms with Gasteiger partial charge < -0.3 is 0 Å². The van der Waals surface area contributed by atoms with Crippen LogP contribution in [0.25, 0.3) is 0 Å². The Bertz CT molecular complexity index is 1780. The fourth-order valence-corrected chi connectivity index (χ4v) is 28.0. The van der Waals surface area contributed by atoms with Crippen LogP contribution in [0, 0.1) is 0 Å². The van der Waals surface area contributed by atoms with Gasteiger partial charge in [-0.25, -0.2) is 0 Å². The van der Waals surface area contributed by atoms with Crippen molar-refractivity contribution in [2.24, 2.45) is 0 Å². The lowest BCUT2D eigenvalue weighted by Gasteiger charge is -2.39. The SMILES string of the molecule is c1ccc(C2C([P+](c3ccccc3)(c3ccccc3)c3ccccc3)P=PC2[P+](c2ccccc2)(c2ccccc2)c2ccccc2)cc1. The first-order valence-corrected chi connectivity index (χ1v) is 23.3. The second-order valence-corrected chi connectivity index (χ2v) is 23.3. The Balaban J connectivity index is 1.48. The van der Waals surface area contributed by atoms with Gasteiger partial charge in [0, 0.05) is 0 Å². The first kappa shape index (κ1) is 32.2. The van der Waals surface area contributed by atoms with Crippen molar-refractivity contribution in [2.75, 3.05) is 0 Å². The highest BCUT2D eigenvalue weighted by Gasteiger charge is 2.65. The molecule has 1 aliphatic heterocycles. The van der Waals surface area contributed by atoms with E-state index in [-0.39, 0.29) is 0 Å². The first-order chi connectivity index (χ1) is 24.3. The minimum atomic E-state index is -2.21. The predicted octanol–water partition coefficient (Wildman–Crippen LogP) is 10.2. The number of hydrogen-bond acceptors (Lipinski definition) is 0. The van der Waals surface area contributed by atoms with E-state index >= 15 is 0 Å². The summed E-state index contributed by atoms with van der Waals surface area (Å²) in [6, 6.07) is 80.7. The zero-order chi connectivity index (χ0) is 32.9. The topological polar surface area (TPSA) is 0 Å². The molecule has 0 bridgehead atoms. The summed E-state index contributed by atoms with van der Waals surface area (Å²) in [7, 11) is -1.43. The molecule has 0 nitrogen and oxygen atoms in total. The molecule has 49 heavy (non-hydrogen) atoms. The van der Waals surface area contributed by atoms with E-state index in [2.05, 4.69) is 212 Å². The number of rotatable bonds is 9.